The average molecular weight is 233 g/mol. The van der Waals surface area contributed by atoms with Crippen molar-refractivity contribution in [2.24, 2.45) is 0 Å². The third-order valence-corrected chi connectivity index (χ3v) is 3.15. The fraction of sp³-hybridized carbons (Fsp3) is 0.385. The molecule has 4 heteroatoms. The number of hydrogen-bond acceptors (Lipinski definition) is 3. The molecule has 0 bridgehead atoms. The van der Waals surface area contributed by atoms with Gasteiger partial charge in [0.1, 0.15) is 12.0 Å². The van der Waals surface area contributed by atoms with Crippen LogP contribution >= 0.6 is 0 Å². The lowest BCUT2D eigenvalue weighted by Crippen LogP contribution is -2.07. The molecule has 1 atom stereocenters. The highest BCUT2D eigenvalue weighted by molar-refractivity contribution is 5.45. The standard InChI is InChI=1S/C13H16FN3/c1-8-9(2)13(15)17-16-12(8)7-10-3-5-11(14)6-4-10/h3-5,11H,6-7H2,1-2H3,(H2,15,17). The number of nitrogens with two attached hydrogens (primary N) is 1. The zero-order valence-corrected chi connectivity index (χ0v) is 10.1. The largest absolute Gasteiger partial charge is 0.382 e. The number of hydrogen-bond donors (Lipinski definition) is 1. The van der Waals surface area contributed by atoms with Crippen LogP contribution in [0, 0.1) is 13.8 Å². The lowest BCUT2D eigenvalue weighted by Gasteiger charge is -2.12. The van der Waals surface area contributed by atoms with Gasteiger partial charge in [0.05, 0.1) is 5.69 Å². The number of nitrogens with zero attached hydrogens (tertiary/aromatic N) is 2. The predicted molar refractivity (Wildman–Crippen MR) is 66.4 cm³/mol. The minimum absolute atomic E-state index is 0.451. The van der Waals surface area contributed by atoms with Crippen molar-refractivity contribution in [2.75, 3.05) is 5.73 Å². The van der Waals surface area contributed by atoms with E-state index < -0.39 is 6.17 Å². The lowest BCUT2D eigenvalue weighted by molar-refractivity contribution is 0.400. The predicted octanol–water partition coefficient (Wildman–Crippen LogP) is 2.44. The van der Waals surface area contributed by atoms with E-state index in [1.54, 1.807) is 6.08 Å². The molecule has 0 aliphatic heterocycles. The molecule has 1 aliphatic rings. The SMILES string of the molecule is Cc1c(N)nnc(CC2=CCC(F)C=C2)c1C. The second-order valence-corrected chi connectivity index (χ2v) is 4.35. The smallest absolute Gasteiger partial charge is 0.149 e. The molecule has 90 valence electrons. The molecule has 17 heavy (non-hydrogen) atoms. The fourth-order valence-corrected chi connectivity index (χ4v) is 1.80. The van der Waals surface area contributed by atoms with Gasteiger partial charge in [-0.3, -0.25) is 0 Å². The van der Waals surface area contributed by atoms with Gasteiger partial charge in [-0.2, -0.15) is 5.10 Å². The van der Waals surface area contributed by atoms with E-state index in [9.17, 15) is 4.39 Å². The van der Waals surface area contributed by atoms with Gasteiger partial charge in [-0.15, -0.1) is 5.10 Å². The van der Waals surface area contributed by atoms with Crippen LogP contribution in [0.4, 0.5) is 10.2 Å². The van der Waals surface area contributed by atoms with Crippen molar-refractivity contribution in [3.8, 4) is 0 Å². The van der Waals surface area contributed by atoms with Crippen LogP contribution in [-0.2, 0) is 6.42 Å². The molecule has 3 nitrogen and oxygen atoms in total. The van der Waals surface area contributed by atoms with E-state index in [4.69, 9.17) is 5.73 Å². The summed E-state index contributed by atoms with van der Waals surface area (Å²) in [6.07, 6.45) is 5.61. The highest BCUT2D eigenvalue weighted by atomic mass is 19.1. The first kappa shape index (κ1) is 11.8. The van der Waals surface area contributed by atoms with Gasteiger partial charge in [0.15, 0.2) is 0 Å². The number of alkyl halides is 1. The van der Waals surface area contributed by atoms with E-state index in [1.807, 2.05) is 26.0 Å². The Bertz CT molecular complexity index is 492. The maximum absolute atomic E-state index is 12.9. The van der Waals surface area contributed by atoms with E-state index in [0.29, 0.717) is 18.7 Å². The summed E-state index contributed by atoms with van der Waals surface area (Å²) < 4.78 is 12.9. The molecule has 2 rings (SSSR count). The first-order chi connectivity index (χ1) is 8.08. The summed E-state index contributed by atoms with van der Waals surface area (Å²) in [5.74, 6) is 0.475. The molecule has 0 amide bonds. The summed E-state index contributed by atoms with van der Waals surface area (Å²) in [6.45, 7) is 3.92. The lowest BCUT2D eigenvalue weighted by atomic mass is 9.99. The Labute approximate surface area is 100 Å². The Morgan fingerprint density at radius 3 is 2.76 bits per heavy atom. The summed E-state index contributed by atoms with van der Waals surface area (Å²) in [4.78, 5) is 0. The molecule has 1 heterocycles. The summed E-state index contributed by atoms with van der Waals surface area (Å²) in [5, 5.41) is 8.03. The van der Waals surface area contributed by atoms with E-state index in [2.05, 4.69) is 10.2 Å². The van der Waals surface area contributed by atoms with Crippen LogP contribution in [0.5, 0.6) is 0 Å². The van der Waals surface area contributed by atoms with Crippen molar-refractivity contribution in [1.29, 1.82) is 0 Å². The summed E-state index contributed by atoms with van der Waals surface area (Å²) >= 11 is 0. The minimum atomic E-state index is -0.848. The number of nitrogen functional groups attached to an aromatic ring is 1. The minimum Gasteiger partial charge on any atom is -0.382 e. The van der Waals surface area contributed by atoms with E-state index in [0.717, 1.165) is 22.4 Å². The van der Waals surface area contributed by atoms with Gasteiger partial charge in [-0.1, -0.05) is 18.2 Å². The van der Waals surface area contributed by atoms with Gasteiger partial charge in [0.2, 0.25) is 0 Å². The van der Waals surface area contributed by atoms with Gasteiger partial charge in [0.25, 0.3) is 0 Å². The Kier molecular flexibility index (Phi) is 3.22. The summed E-state index contributed by atoms with van der Waals surface area (Å²) in [5.41, 5.74) is 9.72. The summed E-state index contributed by atoms with van der Waals surface area (Å²) in [6, 6.07) is 0. The van der Waals surface area contributed by atoms with Crippen molar-refractivity contribution in [1.82, 2.24) is 10.2 Å². The molecule has 2 N–H and O–H groups in total. The second-order valence-electron chi connectivity index (χ2n) is 4.35. The molecular formula is C13H16FN3. The third kappa shape index (κ3) is 2.52. The maximum Gasteiger partial charge on any atom is 0.149 e. The Hall–Kier alpha value is -1.71. The molecule has 1 aromatic rings. The highest BCUT2D eigenvalue weighted by Crippen LogP contribution is 2.20. The van der Waals surface area contributed by atoms with Gasteiger partial charge in [-0.25, -0.2) is 4.39 Å². The average Bonchev–Trinajstić information content (AvgIpc) is 2.33. The van der Waals surface area contributed by atoms with Crippen molar-refractivity contribution < 1.29 is 4.39 Å². The topological polar surface area (TPSA) is 51.8 Å². The molecule has 0 radical (unpaired) electrons. The first-order valence-electron chi connectivity index (χ1n) is 5.67. The Morgan fingerprint density at radius 2 is 2.12 bits per heavy atom. The van der Waals surface area contributed by atoms with Gasteiger partial charge < -0.3 is 5.73 Å². The molecule has 1 aliphatic carbocycles. The normalized spacial score (nSPS) is 19.2. The molecule has 1 aromatic heterocycles. The van der Waals surface area contributed by atoms with Crippen LogP contribution < -0.4 is 5.73 Å². The number of allylic oxidation sites excluding steroid dienone is 4. The third-order valence-electron chi connectivity index (χ3n) is 3.15. The van der Waals surface area contributed by atoms with Crippen molar-refractivity contribution in [2.45, 2.75) is 32.9 Å². The first-order valence-corrected chi connectivity index (χ1v) is 5.67. The molecule has 0 saturated carbocycles. The number of anilines is 1. The van der Waals surface area contributed by atoms with Gasteiger partial charge in [-0.05, 0) is 30.5 Å². The van der Waals surface area contributed by atoms with Crippen molar-refractivity contribution >= 4 is 5.82 Å². The van der Waals surface area contributed by atoms with Gasteiger partial charge >= 0.3 is 0 Å². The quantitative estimate of drug-likeness (QED) is 0.853. The van der Waals surface area contributed by atoms with Crippen LogP contribution in [0.2, 0.25) is 0 Å². The van der Waals surface area contributed by atoms with Crippen LogP contribution in [0.25, 0.3) is 0 Å². The van der Waals surface area contributed by atoms with Crippen LogP contribution in [-0.4, -0.2) is 16.4 Å². The molecule has 0 aromatic carbocycles. The molecule has 0 fully saturated rings. The zero-order valence-electron chi connectivity index (χ0n) is 10.1. The monoisotopic (exact) mass is 233 g/mol. The molecular weight excluding hydrogens is 217 g/mol. The van der Waals surface area contributed by atoms with Crippen molar-refractivity contribution in [3.05, 3.63) is 40.6 Å². The zero-order chi connectivity index (χ0) is 12.4. The van der Waals surface area contributed by atoms with Crippen LogP contribution in [0.1, 0.15) is 23.2 Å². The van der Waals surface area contributed by atoms with Crippen LogP contribution in [0.15, 0.2) is 23.8 Å². The fourth-order valence-electron chi connectivity index (χ4n) is 1.80. The van der Waals surface area contributed by atoms with E-state index >= 15 is 0 Å². The number of rotatable bonds is 2. The number of halogens is 1. The summed E-state index contributed by atoms with van der Waals surface area (Å²) in [7, 11) is 0. The maximum atomic E-state index is 12.9. The van der Waals surface area contributed by atoms with Crippen molar-refractivity contribution in [3.63, 3.8) is 0 Å². The van der Waals surface area contributed by atoms with Crippen LogP contribution in [0.3, 0.4) is 0 Å². The second kappa shape index (κ2) is 4.65. The molecule has 1 unspecified atom stereocenters. The Balaban J connectivity index is 2.20. The molecule has 0 saturated heterocycles. The van der Waals surface area contributed by atoms with E-state index in [-0.39, 0.29) is 0 Å². The molecule has 0 spiro atoms. The van der Waals surface area contributed by atoms with Gasteiger partial charge in [0, 0.05) is 12.8 Å². The van der Waals surface area contributed by atoms with E-state index in [1.165, 1.54) is 0 Å². The Morgan fingerprint density at radius 1 is 1.35 bits per heavy atom. The number of aromatic nitrogens is 2. The highest BCUT2D eigenvalue weighted by Gasteiger charge is 2.11.